The van der Waals surface area contributed by atoms with Gasteiger partial charge in [0.15, 0.2) is 11.5 Å². The van der Waals surface area contributed by atoms with Gasteiger partial charge in [-0.2, -0.15) is 0 Å². The molecule has 2 aliphatic heterocycles. The second-order valence-corrected chi connectivity index (χ2v) is 8.23. The molecule has 2 N–H and O–H groups in total. The van der Waals surface area contributed by atoms with Gasteiger partial charge in [0.2, 0.25) is 6.79 Å². The molecule has 2 heterocycles. The van der Waals surface area contributed by atoms with E-state index in [1.54, 1.807) is 24.3 Å². The Hall–Kier alpha value is -2.78. The van der Waals surface area contributed by atoms with Crippen molar-refractivity contribution in [3.8, 4) is 11.5 Å². The maximum Gasteiger partial charge on any atom is 0.261 e. The number of nitrogens with one attached hydrogen (secondary N) is 2. The van der Waals surface area contributed by atoms with Gasteiger partial charge >= 0.3 is 0 Å². The van der Waals surface area contributed by atoms with Crippen LogP contribution in [0, 0.1) is 0 Å². The van der Waals surface area contributed by atoms with E-state index in [2.05, 4.69) is 10.0 Å². The molecule has 1 fully saturated rings. The van der Waals surface area contributed by atoms with Crippen LogP contribution in [-0.2, 0) is 14.8 Å². The van der Waals surface area contributed by atoms with Gasteiger partial charge < -0.3 is 19.5 Å². The fraction of sp³-hybridized carbons (Fsp3) is 0.316. The Morgan fingerprint density at radius 1 is 1.11 bits per heavy atom. The molecule has 1 atom stereocenters. The molecule has 8 nitrogen and oxygen atoms in total. The second-order valence-electron chi connectivity index (χ2n) is 6.55. The highest BCUT2D eigenvalue weighted by atomic mass is 32.2. The first-order valence-electron chi connectivity index (χ1n) is 8.94. The van der Waals surface area contributed by atoms with E-state index < -0.39 is 10.0 Å². The quantitative estimate of drug-likeness (QED) is 0.765. The smallest absolute Gasteiger partial charge is 0.261 e. The van der Waals surface area contributed by atoms with Crippen molar-refractivity contribution in [2.45, 2.75) is 23.8 Å². The Bertz CT molecular complexity index is 986. The molecule has 0 radical (unpaired) electrons. The molecular formula is C19H20N2O6S. The zero-order valence-electron chi connectivity index (χ0n) is 15.0. The average molecular weight is 404 g/mol. The van der Waals surface area contributed by atoms with Gasteiger partial charge in [0.1, 0.15) is 0 Å². The molecule has 9 heteroatoms. The highest BCUT2D eigenvalue weighted by Gasteiger charge is 2.20. The Kier molecular flexibility index (Phi) is 5.10. The number of anilines is 1. The van der Waals surface area contributed by atoms with Crippen molar-refractivity contribution in [1.29, 1.82) is 0 Å². The Balaban J connectivity index is 1.47. The third kappa shape index (κ3) is 4.05. The summed E-state index contributed by atoms with van der Waals surface area (Å²) in [4.78, 5) is 12.3. The minimum Gasteiger partial charge on any atom is -0.454 e. The molecule has 2 aromatic rings. The van der Waals surface area contributed by atoms with Crippen molar-refractivity contribution in [3.05, 3.63) is 48.0 Å². The highest BCUT2D eigenvalue weighted by molar-refractivity contribution is 7.92. The molecular weight excluding hydrogens is 384 g/mol. The van der Waals surface area contributed by atoms with Crippen LogP contribution < -0.4 is 19.5 Å². The molecule has 0 aromatic heterocycles. The second kappa shape index (κ2) is 7.69. The van der Waals surface area contributed by atoms with Crippen LogP contribution in [0.15, 0.2) is 47.4 Å². The Morgan fingerprint density at radius 3 is 2.79 bits per heavy atom. The molecule has 28 heavy (non-hydrogen) atoms. The van der Waals surface area contributed by atoms with Gasteiger partial charge in [-0.15, -0.1) is 0 Å². The number of benzene rings is 2. The normalized spacial score (nSPS) is 18.1. The van der Waals surface area contributed by atoms with Crippen molar-refractivity contribution in [2.24, 2.45) is 0 Å². The predicted molar refractivity (Wildman–Crippen MR) is 101 cm³/mol. The number of rotatable bonds is 6. The van der Waals surface area contributed by atoms with E-state index >= 15 is 0 Å². The lowest BCUT2D eigenvalue weighted by atomic mass is 10.2. The molecule has 0 bridgehead atoms. The summed E-state index contributed by atoms with van der Waals surface area (Å²) in [6, 6.07) is 10.7. The summed E-state index contributed by atoms with van der Waals surface area (Å²) in [6.07, 6.45) is 1.91. The number of sulfonamides is 1. The molecule has 0 aliphatic carbocycles. The van der Waals surface area contributed by atoms with E-state index in [0.29, 0.717) is 30.3 Å². The first-order chi connectivity index (χ1) is 13.5. The molecule has 2 aromatic carbocycles. The lowest BCUT2D eigenvalue weighted by Gasteiger charge is -2.12. The lowest BCUT2D eigenvalue weighted by Crippen LogP contribution is -2.31. The summed E-state index contributed by atoms with van der Waals surface area (Å²) in [5, 5.41) is 2.79. The van der Waals surface area contributed by atoms with Crippen LogP contribution in [0.1, 0.15) is 23.2 Å². The van der Waals surface area contributed by atoms with Gasteiger partial charge in [0, 0.05) is 24.8 Å². The molecule has 1 amide bonds. The first-order valence-corrected chi connectivity index (χ1v) is 10.4. The minimum atomic E-state index is -3.87. The maximum atomic E-state index is 12.7. The minimum absolute atomic E-state index is 0.00469. The number of carbonyl (C=O) groups excluding carboxylic acids is 1. The van der Waals surface area contributed by atoms with E-state index in [9.17, 15) is 13.2 Å². The fourth-order valence-electron chi connectivity index (χ4n) is 3.09. The van der Waals surface area contributed by atoms with Crippen LogP contribution in [0.25, 0.3) is 0 Å². The fourth-order valence-corrected chi connectivity index (χ4v) is 4.19. The van der Waals surface area contributed by atoms with Crippen molar-refractivity contribution in [1.82, 2.24) is 5.32 Å². The summed E-state index contributed by atoms with van der Waals surface area (Å²) in [5.74, 6) is 0.700. The van der Waals surface area contributed by atoms with E-state index in [4.69, 9.17) is 14.2 Å². The third-order valence-corrected chi connectivity index (χ3v) is 5.92. The molecule has 4 rings (SSSR count). The van der Waals surface area contributed by atoms with Gasteiger partial charge in [-0.3, -0.25) is 9.52 Å². The van der Waals surface area contributed by atoms with E-state index in [1.165, 1.54) is 18.2 Å². The van der Waals surface area contributed by atoms with Crippen LogP contribution in [0.4, 0.5) is 5.69 Å². The van der Waals surface area contributed by atoms with Crippen molar-refractivity contribution < 1.29 is 27.4 Å². The summed E-state index contributed by atoms with van der Waals surface area (Å²) in [7, 11) is -3.87. The van der Waals surface area contributed by atoms with E-state index in [1.807, 2.05) is 0 Å². The number of fused-ring (bicyclic) bond motifs is 1. The van der Waals surface area contributed by atoms with Crippen LogP contribution in [0.2, 0.25) is 0 Å². The number of carbonyl (C=O) groups is 1. The Morgan fingerprint density at radius 2 is 1.96 bits per heavy atom. The predicted octanol–water partition coefficient (Wildman–Crippen LogP) is 2.12. The monoisotopic (exact) mass is 404 g/mol. The molecule has 2 aliphatic rings. The van der Waals surface area contributed by atoms with Crippen LogP contribution >= 0.6 is 0 Å². The molecule has 0 spiro atoms. The first kappa shape index (κ1) is 18.6. The highest BCUT2D eigenvalue weighted by Crippen LogP contribution is 2.34. The van der Waals surface area contributed by atoms with Crippen LogP contribution in [-0.4, -0.2) is 40.4 Å². The van der Waals surface area contributed by atoms with Gasteiger partial charge in [-0.05, 0) is 43.2 Å². The SMILES string of the molecule is O=C(NCC1CCCO1)c1cccc(S(=O)(=O)Nc2ccc3c(c2)OCO3)c1. The number of amides is 1. The maximum absolute atomic E-state index is 12.7. The number of ether oxygens (including phenoxy) is 3. The van der Waals surface area contributed by atoms with Crippen LogP contribution in [0.3, 0.4) is 0 Å². The van der Waals surface area contributed by atoms with Gasteiger partial charge in [-0.25, -0.2) is 8.42 Å². The molecule has 0 saturated carbocycles. The summed E-state index contributed by atoms with van der Waals surface area (Å²) in [5.41, 5.74) is 0.615. The Labute approximate surface area is 162 Å². The van der Waals surface area contributed by atoms with Gasteiger partial charge in [0.05, 0.1) is 16.7 Å². The molecule has 1 unspecified atom stereocenters. The lowest BCUT2D eigenvalue weighted by molar-refractivity contribution is 0.0857. The summed E-state index contributed by atoms with van der Waals surface area (Å²) in [6.45, 7) is 1.22. The van der Waals surface area contributed by atoms with Crippen LogP contribution in [0.5, 0.6) is 11.5 Å². The molecule has 148 valence electrons. The number of hydrogen-bond donors (Lipinski definition) is 2. The zero-order chi connectivity index (χ0) is 19.6. The third-order valence-electron chi connectivity index (χ3n) is 4.55. The van der Waals surface area contributed by atoms with Crippen molar-refractivity contribution in [3.63, 3.8) is 0 Å². The zero-order valence-corrected chi connectivity index (χ0v) is 15.8. The largest absolute Gasteiger partial charge is 0.454 e. The van der Waals surface area contributed by atoms with Crippen molar-refractivity contribution in [2.75, 3.05) is 24.7 Å². The van der Waals surface area contributed by atoms with Crippen molar-refractivity contribution >= 4 is 21.6 Å². The topological polar surface area (TPSA) is 103 Å². The van der Waals surface area contributed by atoms with Gasteiger partial charge in [0.25, 0.3) is 15.9 Å². The number of hydrogen-bond acceptors (Lipinski definition) is 6. The molecule has 1 saturated heterocycles. The average Bonchev–Trinajstić information content (AvgIpc) is 3.37. The van der Waals surface area contributed by atoms with Gasteiger partial charge in [-0.1, -0.05) is 6.07 Å². The summed E-state index contributed by atoms with van der Waals surface area (Å²) >= 11 is 0. The summed E-state index contributed by atoms with van der Waals surface area (Å²) < 4.78 is 43.9. The standard InChI is InChI=1S/C19H20N2O6S/c22-19(20-11-15-4-2-8-25-15)13-3-1-5-16(9-13)28(23,24)21-14-6-7-17-18(10-14)27-12-26-17/h1,3,5-7,9-10,15,21H,2,4,8,11-12H2,(H,20,22). The van der Waals surface area contributed by atoms with E-state index in [-0.39, 0.29) is 29.3 Å². The van der Waals surface area contributed by atoms with E-state index in [0.717, 1.165) is 12.8 Å².